The molecule has 0 spiro atoms. The minimum atomic E-state index is -0.511. The zero-order valence-electron chi connectivity index (χ0n) is 18.8. The molecule has 2 fully saturated rings. The van der Waals surface area contributed by atoms with Crippen molar-refractivity contribution in [2.45, 2.75) is 70.4 Å². The normalized spacial score (nSPS) is 23.5. The van der Waals surface area contributed by atoms with Crippen LogP contribution >= 0.6 is 11.6 Å². The average Bonchev–Trinajstić information content (AvgIpc) is 2.79. The Bertz CT molecular complexity index is 758. The predicted octanol–water partition coefficient (Wildman–Crippen LogP) is 4.06. The minimum Gasteiger partial charge on any atom is -0.449 e. The molecule has 2 N–H and O–H groups in total. The number of piperidine rings is 1. The smallest absolute Gasteiger partial charge is 0.411 e. The number of hydrogen-bond donors (Lipinski definition) is 2. The summed E-state index contributed by atoms with van der Waals surface area (Å²) in [7, 11) is 0. The summed E-state index contributed by atoms with van der Waals surface area (Å²) in [4.78, 5) is 32.0. The van der Waals surface area contributed by atoms with E-state index < -0.39 is 6.09 Å². The van der Waals surface area contributed by atoms with Gasteiger partial charge in [0.15, 0.2) is 0 Å². The predicted molar refractivity (Wildman–Crippen MR) is 125 cm³/mol. The number of aliphatic hydroxyl groups is 1. The number of aliphatic hydroxyl groups excluding tert-OH is 1. The quantitative estimate of drug-likeness (QED) is 0.533. The molecule has 3 rings (SSSR count). The molecule has 178 valence electrons. The molecule has 0 radical (unpaired) electrons. The maximum Gasteiger partial charge on any atom is 0.411 e. The second kappa shape index (κ2) is 12.3. The topological polar surface area (TPSA) is 95.0 Å². The van der Waals surface area contributed by atoms with Crippen LogP contribution in [0.5, 0.6) is 0 Å². The third-order valence-corrected chi connectivity index (χ3v) is 6.67. The van der Waals surface area contributed by atoms with Crippen molar-refractivity contribution in [1.82, 2.24) is 9.88 Å². The molecule has 0 aromatic carbocycles. The molecule has 2 heterocycles. The number of nitrogens with one attached hydrogen (secondary N) is 1. The Hall–Kier alpha value is -2.06. The van der Waals surface area contributed by atoms with Crippen LogP contribution in [0.15, 0.2) is 12.3 Å². The van der Waals surface area contributed by atoms with Crippen LogP contribution in [0.25, 0.3) is 0 Å². The SMILES string of the molecule is CCCOC(=O)Nc1cnc(N2CCCC(CCN(C=O)C3CCC(O)CC3)C2)c(Cl)c1. The van der Waals surface area contributed by atoms with Gasteiger partial charge in [0, 0.05) is 25.7 Å². The number of rotatable bonds is 9. The summed E-state index contributed by atoms with van der Waals surface area (Å²) in [5.74, 6) is 1.18. The summed E-state index contributed by atoms with van der Waals surface area (Å²) in [6.45, 7) is 4.77. The zero-order chi connectivity index (χ0) is 22.9. The molecule has 1 aliphatic heterocycles. The highest BCUT2D eigenvalue weighted by Crippen LogP contribution is 2.31. The fraction of sp³-hybridized carbons (Fsp3) is 0.696. The standard InChI is InChI=1S/C23H35ClN4O4/c1-2-12-32-23(31)26-18-13-21(24)22(25-14-18)27-10-3-4-17(15-27)9-11-28(16-29)19-5-7-20(30)8-6-19/h13-14,16-17,19-20,30H,2-12,15H2,1H3,(H,26,31). The Kier molecular flexibility index (Phi) is 9.41. The maximum atomic E-state index is 11.7. The van der Waals surface area contributed by atoms with E-state index in [0.717, 1.165) is 83.2 Å². The Morgan fingerprint density at radius 3 is 2.84 bits per heavy atom. The average molecular weight is 467 g/mol. The van der Waals surface area contributed by atoms with E-state index in [1.807, 2.05) is 11.8 Å². The Morgan fingerprint density at radius 1 is 1.38 bits per heavy atom. The molecule has 2 amide bonds. The summed E-state index contributed by atoms with van der Waals surface area (Å²) in [5.41, 5.74) is 0.507. The van der Waals surface area contributed by atoms with Gasteiger partial charge in [0.25, 0.3) is 0 Å². The fourth-order valence-electron chi connectivity index (χ4n) is 4.62. The molecule has 0 bridgehead atoms. The number of nitrogens with zero attached hydrogens (tertiary/aromatic N) is 3. The lowest BCUT2D eigenvalue weighted by Crippen LogP contribution is -2.41. The number of carbonyl (C=O) groups excluding carboxylic acids is 2. The third-order valence-electron chi connectivity index (χ3n) is 6.39. The van der Waals surface area contributed by atoms with Gasteiger partial charge >= 0.3 is 6.09 Å². The van der Waals surface area contributed by atoms with Crippen LogP contribution in [0.3, 0.4) is 0 Å². The molecular formula is C23H35ClN4O4. The van der Waals surface area contributed by atoms with Crippen molar-refractivity contribution >= 4 is 35.6 Å². The molecule has 32 heavy (non-hydrogen) atoms. The van der Waals surface area contributed by atoms with E-state index in [-0.39, 0.29) is 12.1 Å². The Labute approximate surface area is 195 Å². The van der Waals surface area contributed by atoms with E-state index in [0.29, 0.717) is 23.2 Å². The number of pyridine rings is 1. The van der Waals surface area contributed by atoms with Gasteiger partial charge < -0.3 is 19.6 Å². The molecule has 1 aromatic rings. The highest BCUT2D eigenvalue weighted by atomic mass is 35.5. The number of halogens is 1. The number of anilines is 2. The zero-order valence-corrected chi connectivity index (χ0v) is 19.6. The van der Waals surface area contributed by atoms with Crippen LogP contribution in [0.2, 0.25) is 5.02 Å². The van der Waals surface area contributed by atoms with Gasteiger partial charge in [0.05, 0.1) is 29.6 Å². The van der Waals surface area contributed by atoms with Gasteiger partial charge in [-0.05, 0) is 63.4 Å². The number of hydrogen-bond acceptors (Lipinski definition) is 6. The van der Waals surface area contributed by atoms with Gasteiger partial charge in [0.1, 0.15) is 5.82 Å². The van der Waals surface area contributed by atoms with E-state index in [4.69, 9.17) is 16.3 Å². The second-order valence-corrected chi connectivity index (χ2v) is 9.25. The van der Waals surface area contributed by atoms with Crippen LogP contribution in [-0.2, 0) is 9.53 Å². The van der Waals surface area contributed by atoms with Crippen molar-refractivity contribution < 1.29 is 19.4 Å². The van der Waals surface area contributed by atoms with Gasteiger partial charge in [-0.15, -0.1) is 0 Å². The number of amides is 2. The first kappa shape index (κ1) is 24.6. The van der Waals surface area contributed by atoms with Crippen molar-refractivity contribution in [3.05, 3.63) is 17.3 Å². The first-order valence-electron chi connectivity index (χ1n) is 11.7. The number of carbonyl (C=O) groups is 2. The van der Waals surface area contributed by atoms with Crippen LogP contribution in [0.4, 0.5) is 16.3 Å². The van der Waals surface area contributed by atoms with Gasteiger partial charge in [-0.2, -0.15) is 0 Å². The molecule has 1 aromatic heterocycles. The summed E-state index contributed by atoms with van der Waals surface area (Å²) in [5, 5.41) is 12.9. The van der Waals surface area contributed by atoms with Gasteiger partial charge in [0.2, 0.25) is 6.41 Å². The second-order valence-electron chi connectivity index (χ2n) is 8.84. The van der Waals surface area contributed by atoms with Crippen molar-refractivity contribution in [2.24, 2.45) is 5.92 Å². The van der Waals surface area contributed by atoms with Crippen molar-refractivity contribution in [3.8, 4) is 0 Å². The molecular weight excluding hydrogens is 432 g/mol. The van der Waals surface area contributed by atoms with E-state index in [2.05, 4.69) is 15.2 Å². The molecule has 9 heteroatoms. The summed E-state index contributed by atoms with van der Waals surface area (Å²) >= 11 is 6.49. The van der Waals surface area contributed by atoms with Gasteiger partial charge in [-0.25, -0.2) is 9.78 Å². The largest absolute Gasteiger partial charge is 0.449 e. The first-order chi connectivity index (χ1) is 15.5. The Balaban J connectivity index is 1.52. The van der Waals surface area contributed by atoms with Crippen LogP contribution < -0.4 is 10.2 Å². The highest BCUT2D eigenvalue weighted by molar-refractivity contribution is 6.33. The van der Waals surface area contributed by atoms with Crippen LogP contribution in [0.1, 0.15) is 58.3 Å². The maximum absolute atomic E-state index is 11.7. The molecule has 1 unspecified atom stereocenters. The van der Waals surface area contributed by atoms with Crippen molar-refractivity contribution in [1.29, 1.82) is 0 Å². The molecule has 2 aliphatic rings. The molecule has 8 nitrogen and oxygen atoms in total. The molecule has 1 saturated heterocycles. The third kappa shape index (κ3) is 6.97. The highest BCUT2D eigenvalue weighted by Gasteiger charge is 2.27. The minimum absolute atomic E-state index is 0.215. The van der Waals surface area contributed by atoms with Gasteiger partial charge in [-0.1, -0.05) is 18.5 Å². The van der Waals surface area contributed by atoms with Crippen molar-refractivity contribution in [2.75, 3.05) is 36.5 Å². The number of ether oxygens (including phenoxy) is 1. The molecule has 1 aliphatic carbocycles. The lowest BCUT2D eigenvalue weighted by atomic mass is 9.91. The van der Waals surface area contributed by atoms with Gasteiger partial charge in [-0.3, -0.25) is 10.1 Å². The van der Waals surface area contributed by atoms with E-state index in [9.17, 15) is 14.7 Å². The van der Waals surface area contributed by atoms with E-state index in [1.165, 1.54) is 0 Å². The Morgan fingerprint density at radius 2 is 2.16 bits per heavy atom. The number of aromatic nitrogens is 1. The monoisotopic (exact) mass is 466 g/mol. The fourth-order valence-corrected chi connectivity index (χ4v) is 4.90. The van der Waals surface area contributed by atoms with E-state index >= 15 is 0 Å². The molecule has 1 saturated carbocycles. The lowest BCUT2D eigenvalue weighted by molar-refractivity contribution is -0.121. The van der Waals surface area contributed by atoms with E-state index in [1.54, 1.807) is 12.3 Å². The lowest BCUT2D eigenvalue weighted by Gasteiger charge is -2.37. The van der Waals surface area contributed by atoms with Crippen molar-refractivity contribution in [3.63, 3.8) is 0 Å². The van der Waals surface area contributed by atoms with Crippen LogP contribution in [-0.4, -0.2) is 65.9 Å². The summed E-state index contributed by atoms with van der Waals surface area (Å²) < 4.78 is 5.03. The molecule has 1 atom stereocenters. The first-order valence-corrected chi connectivity index (χ1v) is 12.1. The summed E-state index contributed by atoms with van der Waals surface area (Å²) in [6.07, 6.45) is 9.01. The summed E-state index contributed by atoms with van der Waals surface area (Å²) in [6, 6.07) is 1.95. The van der Waals surface area contributed by atoms with Crippen LogP contribution in [0, 0.1) is 5.92 Å².